The Kier molecular flexibility index (Phi) is 5.40. The lowest BCUT2D eigenvalue weighted by Crippen LogP contribution is -2.12. The summed E-state index contributed by atoms with van der Waals surface area (Å²) in [5.74, 6) is -0.290. The molecule has 0 fully saturated rings. The molecule has 2 aromatic carbocycles. The fourth-order valence-electron chi connectivity index (χ4n) is 2.83. The average molecular weight is 365 g/mol. The van der Waals surface area contributed by atoms with Crippen molar-refractivity contribution in [3.05, 3.63) is 70.9 Å². The summed E-state index contributed by atoms with van der Waals surface area (Å²) in [7, 11) is 0. The van der Waals surface area contributed by atoms with Crippen LogP contribution < -0.4 is 0 Å². The Morgan fingerprint density at radius 2 is 1.96 bits per heavy atom. The Bertz CT molecular complexity index is 1010. The van der Waals surface area contributed by atoms with Gasteiger partial charge in [-0.25, -0.2) is 0 Å². The minimum absolute atomic E-state index is 0.130. The van der Waals surface area contributed by atoms with Crippen LogP contribution in [0.5, 0.6) is 0 Å². The van der Waals surface area contributed by atoms with E-state index in [-0.39, 0.29) is 12.5 Å². The van der Waals surface area contributed by atoms with Gasteiger partial charge in [-0.05, 0) is 36.8 Å². The molecule has 0 unspecified atom stereocenters. The van der Waals surface area contributed by atoms with Gasteiger partial charge in [0.05, 0.1) is 18.2 Å². The Hall–Kier alpha value is -3.03. The Balaban J connectivity index is 2.05. The van der Waals surface area contributed by atoms with Crippen molar-refractivity contribution in [3.63, 3.8) is 0 Å². The number of benzene rings is 2. The van der Waals surface area contributed by atoms with E-state index >= 15 is 0 Å². The SMILES string of the molecule is CCOC(=O)Cn1cc(C=C(C#N)c2ccc(Cl)cc2)c2ccccc21. The highest BCUT2D eigenvalue weighted by molar-refractivity contribution is 6.30. The monoisotopic (exact) mass is 364 g/mol. The lowest BCUT2D eigenvalue weighted by Gasteiger charge is -2.04. The fourth-order valence-corrected chi connectivity index (χ4v) is 2.96. The Morgan fingerprint density at radius 3 is 2.65 bits per heavy atom. The molecule has 26 heavy (non-hydrogen) atoms. The molecule has 1 aromatic heterocycles. The number of para-hydroxylation sites is 1. The zero-order valence-corrected chi connectivity index (χ0v) is 15.0. The number of rotatable bonds is 5. The van der Waals surface area contributed by atoms with Gasteiger partial charge in [-0.2, -0.15) is 5.26 Å². The molecule has 1 heterocycles. The fraction of sp³-hybridized carbons (Fsp3) is 0.143. The molecule has 3 rings (SSSR count). The predicted molar refractivity (Wildman–Crippen MR) is 104 cm³/mol. The molecule has 3 aromatic rings. The van der Waals surface area contributed by atoms with Crippen LogP contribution in [-0.2, 0) is 16.1 Å². The summed E-state index contributed by atoms with van der Waals surface area (Å²) in [6.45, 7) is 2.26. The largest absolute Gasteiger partial charge is 0.465 e. The van der Waals surface area contributed by atoms with E-state index in [1.807, 2.05) is 53.2 Å². The van der Waals surface area contributed by atoms with Gasteiger partial charge < -0.3 is 9.30 Å². The topological polar surface area (TPSA) is 55.0 Å². The van der Waals surface area contributed by atoms with Gasteiger partial charge in [-0.15, -0.1) is 0 Å². The molecule has 0 bridgehead atoms. The van der Waals surface area contributed by atoms with Gasteiger partial charge in [-0.3, -0.25) is 4.79 Å². The number of halogens is 1. The molecule has 0 aliphatic heterocycles. The van der Waals surface area contributed by atoms with E-state index in [4.69, 9.17) is 16.3 Å². The summed E-state index contributed by atoms with van der Waals surface area (Å²) < 4.78 is 6.89. The average Bonchev–Trinajstić information content (AvgIpc) is 2.98. The number of nitriles is 1. The number of esters is 1. The van der Waals surface area contributed by atoms with Crippen molar-refractivity contribution in [2.45, 2.75) is 13.5 Å². The first-order valence-corrected chi connectivity index (χ1v) is 8.61. The van der Waals surface area contributed by atoms with Crippen molar-refractivity contribution in [1.82, 2.24) is 4.57 Å². The molecular formula is C21H17ClN2O2. The van der Waals surface area contributed by atoms with E-state index in [2.05, 4.69) is 6.07 Å². The molecule has 5 heteroatoms. The molecule has 0 spiro atoms. The quantitative estimate of drug-likeness (QED) is 0.477. The van der Waals surface area contributed by atoms with Crippen LogP contribution in [0.25, 0.3) is 22.6 Å². The molecule has 0 saturated heterocycles. The molecular weight excluding hydrogens is 348 g/mol. The first-order valence-electron chi connectivity index (χ1n) is 8.23. The summed E-state index contributed by atoms with van der Waals surface area (Å²) in [6, 6.07) is 17.1. The summed E-state index contributed by atoms with van der Waals surface area (Å²) >= 11 is 5.93. The lowest BCUT2D eigenvalue weighted by atomic mass is 10.0. The molecule has 0 amide bonds. The summed E-state index contributed by atoms with van der Waals surface area (Å²) in [6.07, 6.45) is 3.70. The van der Waals surface area contributed by atoms with Crippen molar-refractivity contribution in [1.29, 1.82) is 5.26 Å². The highest BCUT2D eigenvalue weighted by Crippen LogP contribution is 2.26. The molecule has 0 atom stereocenters. The van der Waals surface area contributed by atoms with E-state index in [0.717, 1.165) is 22.0 Å². The molecule has 0 saturated carbocycles. The predicted octanol–water partition coefficient (Wildman–Crippen LogP) is 4.92. The van der Waals surface area contributed by atoms with Crippen LogP contribution in [0.1, 0.15) is 18.1 Å². The van der Waals surface area contributed by atoms with E-state index in [0.29, 0.717) is 17.2 Å². The van der Waals surface area contributed by atoms with E-state index in [1.54, 1.807) is 19.1 Å². The second-order valence-corrected chi connectivity index (χ2v) is 6.15. The van der Waals surface area contributed by atoms with Gasteiger partial charge in [0.25, 0.3) is 0 Å². The third-order valence-electron chi connectivity index (χ3n) is 4.00. The van der Waals surface area contributed by atoms with Crippen molar-refractivity contribution in [2.24, 2.45) is 0 Å². The smallest absolute Gasteiger partial charge is 0.325 e. The first kappa shape index (κ1) is 17.8. The number of carbonyl (C=O) groups is 1. The van der Waals surface area contributed by atoms with Crippen LogP contribution in [0.3, 0.4) is 0 Å². The van der Waals surface area contributed by atoms with Crippen molar-refractivity contribution < 1.29 is 9.53 Å². The van der Waals surface area contributed by atoms with E-state index < -0.39 is 0 Å². The highest BCUT2D eigenvalue weighted by Gasteiger charge is 2.11. The molecule has 130 valence electrons. The van der Waals surface area contributed by atoms with Gasteiger partial charge in [-0.1, -0.05) is 41.9 Å². The van der Waals surface area contributed by atoms with Gasteiger partial charge in [0.1, 0.15) is 6.54 Å². The molecule has 0 N–H and O–H groups in total. The van der Waals surface area contributed by atoms with Crippen LogP contribution in [0.15, 0.2) is 54.7 Å². The standard InChI is InChI=1S/C21H17ClN2O2/c1-2-26-21(25)14-24-13-17(19-5-3-4-6-20(19)24)11-16(12-23)15-7-9-18(22)10-8-15/h3-11,13H,2,14H2,1H3. The number of fused-ring (bicyclic) bond motifs is 1. The first-order chi connectivity index (χ1) is 12.6. The van der Waals surface area contributed by atoms with Crippen molar-refractivity contribution in [3.8, 4) is 6.07 Å². The van der Waals surface area contributed by atoms with Gasteiger partial charge in [0, 0.05) is 27.7 Å². The van der Waals surface area contributed by atoms with Crippen LogP contribution in [0, 0.1) is 11.3 Å². The number of hydrogen-bond donors (Lipinski definition) is 0. The number of carbonyl (C=O) groups excluding carboxylic acids is 1. The molecule has 0 radical (unpaired) electrons. The van der Waals surface area contributed by atoms with Crippen molar-refractivity contribution in [2.75, 3.05) is 6.61 Å². The zero-order chi connectivity index (χ0) is 18.5. The number of ether oxygens (including phenoxy) is 1. The zero-order valence-electron chi connectivity index (χ0n) is 14.3. The van der Waals surface area contributed by atoms with Gasteiger partial charge >= 0.3 is 5.97 Å². The third-order valence-corrected chi connectivity index (χ3v) is 4.25. The minimum atomic E-state index is -0.290. The van der Waals surface area contributed by atoms with Crippen LogP contribution in [0.4, 0.5) is 0 Å². The maximum atomic E-state index is 11.9. The number of hydrogen-bond acceptors (Lipinski definition) is 3. The molecule has 4 nitrogen and oxygen atoms in total. The Morgan fingerprint density at radius 1 is 1.23 bits per heavy atom. The van der Waals surface area contributed by atoms with Gasteiger partial charge in [0.15, 0.2) is 0 Å². The van der Waals surface area contributed by atoms with Gasteiger partial charge in [0.2, 0.25) is 0 Å². The van der Waals surface area contributed by atoms with Crippen LogP contribution in [-0.4, -0.2) is 17.1 Å². The minimum Gasteiger partial charge on any atom is -0.465 e. The van der Waals surface area contributed by atoms with Crippen LogP contribution >= 0.6 is 11.6 Å². The maximum Gasteiger partial charge on any atom is 0.325 e. The second-order valence-electron chi connectivity index (χ2n) is 5.71. The van der Waals surface area contributed by atoms with E-state index in [9.17, 15) is 10.1 Å². The number of allylic oxidation sites excluding steroid dienone is 1. The van der Waals surface area contributed by atoms with E-state index in [1.165, 1.54) is 0 Å². The number of nitrogens with zero attached hydrogens (tertiary/aromatic N) is 2. The normalized spacial score (nSPS) is 11.3. The lowest BCUT2D eigenvalue weighted by molar-refractivity contribution is -0.143. The molecule has 0 aliphatic carbocycles. The molecule has 0 aliphatic rings. The summed E-state index contributed by atoms with van der Waals surface area (Å²) in [5, 5.41) is 11.2. The summed E-state index contributed by atoms with van der Waals surface area (Å²) in [4.78, 5) is 11.9. The highest BCUT2D eigenvalue weighted by atomic mass is 35.5. The van der Waals surface area contributed by atoms with Crippen LogP contribution in [0.2, 0.25) is 5.02 Å². The summed E-state index contributed by atoms with van der Waals surface area (Å²) in [5.41, 5.74) is 3.11. The van der Waals surface area contributed by atoms with Crippen molar-refractivity contribution >= 4 is 40.1 Å². The second kappa shape index (κ2) is 7.90. The third kappa shape index (κ3) is 3.79. The number of aromatic nitrogens is 1. The maximum absolute atomic E-state index is 11.9. The Labute approximate surface area is 156 Å².